The molecular weight excluding hydrogens is 266 g/mol. The van der Waals surface area contributed by atoms with Gasteiger partial charge in [0.1, 0.15) is 5.75 Å². The molecule has 0 aliphatic rings. The molecule has 0 aliphatic carbocycles. The Hall–Kier alpha value is -1.55. The highest BCUT2D eigenvalue weighted by atomic mass is 16.5. The number of hydrogen-bond acceptors (Lipinski definition) is 3. The molecule has 0 spiro atoms. The average Bonchev–Trinajstić information content (AvgIpc) is 2.46. The van der Waals surface area contributed by atoms with Crippen LogP contribution in [0.4, 0.5) is 0 Å². The van der Waals surface area contributed by atoms with Crippen LogP contribution in [0.25, 0.3) is 0 Å². The molecule has 0 saturated carbocycles. The van der Waals surface area contributed by atoms with Crippen molar-refractivity contribution in [3.05, 3.63) is 29.8 Å². The normalized spacial score (nSPS) is 13.7. The fraction of sp³-hybridized carbons (Fsp3) is 0.588. The van der Waals surface area contributed by atoms with Crippen LogP contribution in [0.2, 0.25) is 0 Å². The molecule has 0 bridgehead atoms. The second-order valence-electron chi connectivity index (χ2n) is 5.37. The van der Waals surface area contributed by atoms with Crippen molar-refractivity contribution in [2.24, 2.45) is 0 Å². The SMILES string of the molecule is CCCC(Oc1ccc(CCC(C)NCC)cc1)C(=O)O. The number of aryl methyl sites for hydroxylation is 1. The van der Waals surface area contributed by atoms with E-state index in [1.54, 1.807) is 0 Å². The number of ether oxygens (including phenoxy) is 1. The van der Waals surface area contributed by atoms with E-state index in [-0.39, 0.29) is 0 Å². The Labute approximate surface area is 127 Å². The zero-order valence-corrected chi connectivity index (χ0v) is 13.3. The predicted molar refractivity (Wildman–Crippen MR) is 84.9 cm³/mol. The first-order valence-corrected chi connectivity index (χ1v) is 7.78. The van der Waals surface area contributed by atoms with Crippen LogP contribution in [0.3, 0.4) is 0 Å². The number of hydrogen-bond donors (Lipinski definition) is 2. The topological polar surface area (TPSA) is 58.6 Å². The van der Waals surface area contributed by atoms with Gasteiger partial charge in [0.05, 0.1) is 0 Å². The zero-order chi connectivity index (χ0) is 15.7. The minimum atomic E-state index is -0.902. The number of nitrogens with one attached hydrogen (secondary N) is 1. The van der Waals surface area contributed by atoms with Crippen LogP contribution >= 0.6 is 0 Å². The number of benzene rings is 1. The molecule has 118 valence electrons. The molecule has 0 saturated heterocycles. The van der Waals surface area contributed by atoms with Gasteiger partial charge in [-0.15, -0.1) is 0 Å². The second kappa shape index (κ2) is 9.40. The molecule has 0 aliphatic heterocycles. The van der Waals surface area contributed by atoms with Crippen molar-refractivity contribution < 1.29 is 14.6 Å². The minimum absolute atomic E-state index is 0.506. The summed E-state index contributed by atoms with van der Waals surface area (Å²) in [6.45, 7) is 7.23. The first-order chi connectivity index (χ1) is 10.1. The molecule has 4 heteroatoms. The largest absolute Gasteiger partial charge is 0.479 e. The van der Waals surface area contributed by atoms with Crippen molar-refractivity contribution >= 4 is 5.97 Å². The van der Waals surface area contributed by atoms with Gasteiger partial charge in [-0.05, 0) is 50.4 Å². The number of aliphatic carboxylic acids is 1. The summed E-state index contributed by atoms with van der Waals surface area (Å²) in [5.41, 5.74) is 1.24. The molecule has 2 unspecified atom stereocenters. The van der Waals surface area contributed by atoms with E-state index in [4.69, 9.17) is 9.84 Å². The molecule has 0 radical (unpaired) electrons. The van der Waals surface area contributed by atoms with Crippen molar-refractivity contribution in [3.8, 4) is 5.75 Å². The monoisotopic (exact) mass is 293 g/mol. The highest BCUT2D eigenvalue weighted by Gasteiger charge is 2.17. The van der Waals surface area contributed by atoms with Crippen molar-refractivity contribution in [1.29, 1.82) is 0 Å². The summed E-state index contributed by atoms with van der Waals surface area (Å²) < 4.78 is 5.52. The summed E-state index contributed by atoms with van der Waals surface area (Å²) in [6.07, 6.45) is 2.65. The lowest BCUT2D eigenvalue weighted by molar-refractivity contribution is -0.145. The lowest BCUT2D eigenvalue weighted by atomic mass is 10.1. The molecule has 1 aromatic rings. The highest BCUT2D eigenvalue weighted by Crippen LogP contribution is 2.17. The molecule has 0 fully saturated rings. The molecule has 0 heterocycles. The molecular formula is C17H27NO3. The van der Waals surface area contributed by atoms with E-state index >= 15 is 0 Å². The van der Waals surface area contributed by atoms with Crippen LogP contribution in [-0.2, 0) is 11.2 Å². The van der Waals surface area contributed by atoms with E-state index in [0.717, 1.165) is 25.8 Å². The summed E-state index contributed by atoms with van der Waals surface area (Å²) in [6, 6.07) is 8.25. The van der Waals surface area contributed by atoms with Crippen LogP contribution in [0.5, 0.6) is 5.75 Å². The van der Waals surface area contributed by atoms with E-state index in [1.807, 2.05) is 31.2 Å². The van der Waals surface area contributed by atoms with E-state index in [1.165, 1.54) is 5.56 Å². The lowest BCUT2D eigenvalue weighted by Crippen LogP contribution is -2.26. The molecule has 1 aromatic carbocycles. The summed E-state index contributed by atoms with van der Waals surface area (Å²) in [5, 5.41) is 12.5. The number of carboxylic acids is 1. The standard InChI is InChI=1S/C17H27NO3/c1-4-6-16(17(19)20)21-15-11-9-14(10-12-15)8-7-13(3)18-5-2/h9-13,16,18H,4-8H2,1-3H3,(H,19,20). The van der Waals surface area contributed by atoms with E-state index in [0.29, 0.717) is 18.2 Å². The van der Waals surface area contributed by atoms with Crippen molar-refractivity contribution in [2.75, 3.05) is 6.54 Å². The van der Waals surface area contributed by atoms with Crippen LogP contribution in [0.1, 0.15) is 45.6 Å². The van der Waals surface area contributed by atoms with Gasteiger partial charge in [-0.1, -0.05) is 32.4 Å². The van der Waals surface area contributed by atoms with Gasteiger partial charge in [0.25, 0.3) is 0 Å². The van der Waals surface area contributed by atoms with Crippen molar-refractivity contribution in [3.63, 3.8) is 0 Å². The summed E-state index contributed by atoms with van der Waals surface area (Å²) in [4.78, 5) is 11.1. The van der Waals surface area contributed by atoms with E-state index in [2.05, 4.69) is 19.2 Å². The average molecular weight is 293 g/mol. The van der Waals surface area contributed by atoms with Gasteiger partial charge >= 0.3 is 5.97 Å². The first-order valence-electron chi connectivity index (χ1n) is 7.78. The lowest BCUT2D eigenvalue weighted by Gasteiger charge is -2.15. The Morgan fingerprint density at radius 2 is 1.90 bits per heavy atom. The summed E-state index contributed by atoms with van der Waals surface area (Å²) in [5.74, 6) is -0.278. The van der Waals surface area contributed by atoms with E-state index in [9.17, 15) is 4.79 Å². The van der Waals surface area contributed by atoms with Gasteiger partial charge in [-0.3, -0.25) is 0 Å². The summed E-state index contributed by atoms with van der Waals surface area (Å²) in [7, 11) is 0. The molecule has 2 atom stereocenters. The predicted octanol–water partition coefficient (Wildman–Crippen LogP) is 3.25. The van der Waals surface area contributed by atoms with Crippen LogP contribution in [0, 0.1) is 0 Å². The third kappa shape index (κ3) is 6.63. The number of carbonyl (C=O) groups is 1. The quantitative estimate of drug-likeness (QED) is 0.695. The van der Waals surface area contributed by atoms with E-state index < -0.39 is 12.1 Å². The van der Waals surface area contributed by atoms with Crippen LogP contribution in [-0.4, -0.2) is 29.8 Å². The Morgan fingerprint density at radius 1 is 1.24 bits per heavy atom. The van der Waals surface area contributed by atoms with Crippen molar-refractivity contribution in [2.45, 2.75) is 58.6 Å². The molecule has 1 rings (SSSR count). The maximum atomic E-state index is 11.1. The van der Waals surface area contributed by atoms with Crippen LogP contribution < -0.4 is 10.1 Å². The molecule has 2 N–H and O–H groups in total. The van der Waals surface area contributed by atoms with Gasteiger partial charge in [0.2, 0.25) is 0 Å². The van der Waals surface area contributed by atoms with Gasteiger partial charge in [0, 0.05) is 6.04 Å². The maximum Gasteiger partial charge on any atom is 0.344 e. The number of carboxylic acid groups (broad SMARTS) is 1. The Morgan fingerprint density at radius 3 is 2.43 bits per heavy atom. The molecule has 4 nitrogen and oxygen atoms in total. The third-order valence-corrected chi connectivity index (χ3v) is 3.45. The number of rotatable bonds is 10. The third-order valence-electron chi connectivity index (χ3n) is 3.45. The van der Waals surface area contributed by atoms with Crippen LogP contribution in [0.15, 0.2) is 24.3 Å². The fourth-order valence-electron chi connectivity index (χ4n) is 2.23. The summed E-state index contributed by atoms with van der Waals surface area (Å²) >= 11 is 0. The van der Waals surface area contributed by atoms with Crippen molar-refractivity contribution in [1.82, 2.24) is 5.32 Å². The maximum absolute atomic E-state index is 11.1. The highest BCUT2D eigenvalue weighted by molar-refractivity contribution is 5.72. The molecule has 0 aromatic heterocycles. The first kappa shape index (κ1) is 17.5. The smallest absolute Gasteiger partial charge is 0.344 e. The zero-order valence-electron chi connectivity index (χ0n) is 13.3. The second-order valence-corrected chi connectivity index (χ2v) is 5.37. The molecule has 0 amide bonds. The van der Waals surface area contributed by atoms with Gasteiger partial charge in [0.15, 0.2) is 6.10 Å². The molecule has 21 heavy (non-hydrogen) atoms. The van der Waals surface area contributed by atoms with Gasteiger partial charge in [-0.2, -0.15) is 0 Å². The van der Waals surface area contributed by atoms with Gasteiger partial charge in [-0.25, -0.2) is 4.79 Å². The Balaban J connectivity index is 2.51. The Bertz CT molecular complexity index is 417. The minimum Gasteiger partial charge on any atom is -0.479 e. The fourth-order valence-corrected chi connectivity index (χ4v) is 2.23. The Kier molecular flexibility index (Phi) is 7.83. The van der Waals surface area contributed by atoms with Gasteiger partial charge < -0.3 is 15.2 Å².